The van der Waals surface area contributed by atoms with Crippen LogP contribution < -0.4 is 0 Å². The van der Waals surface area contributed by atoms with E-state index in [1.165, 1.54) is 36.8 Å². The van der Waals surface area contributed by atoms with Gasteiger partial charge in [0.05, 0.1) is 6.10 Å². The molecule has 0 aromatic heterocycles. The molecule has 2 unspecified atom stereocenters. The lowest BCUT2D eigenvalue weighted by atomic mass is 9.82. The molecule has 0 aliphatic carbocycles. The first-order chi connectivity index (χ1) is 10.0. The van der Waals surface area contributed by atoms with Gasteiger partial charge in [-0.1, -0.05) is 61.0 Å². The maximum atomic E-state index is 5.82. The Morgan fingerprint density at radius 3 is 2.52 bits per heavy atom. The van der Waals surface area contributed by atoms with Gasteiger partial charge in [0.1, 0.15) is 0 Å². The maximum absolute atomic E-state index is 5.82. The van der Waals surface area contributed by atoms with E-state index in [0.717, 1.165) is 19.4 Å². The second-order valence-corrected chi connectivity index (χ2v) is 8.00. The standard InChI is InChI=1S/C19H29BrO/c1-4-19(2,3)16-10-8-15(9-11-16)18(20)13-12-17-7-5-6-14-21-17/h8-11,17-18H,4-7,12-14H2,1-3H3. The molecule has 1 saturated heterocycles. The molecule has 118 valence electrons. The molecule has 1 aromatic rings. The quantitative estimate of drug-likeness (QED) is 0.557. The number of rotatable bonds is 6. The highest BCUT2D eigenvalue weighted by atomic mass is 79.9. The maximum Gasteiger partial charge on any atom is 0.0575 e. The molecule has 0 spiro atoms. The number of alkyl halides is 1. The van der Waals surface area contributed by atoms with Crippen molar-refractivity contribution < 1.29 is 4.74 Å². The number of hydrogen-bond acceptors (Lipinski definition) is 1. The molecule has 1 aromatic carbocycles. The molecule has 2 heteroatoms. The van der Waals surface area contributed by atoms with Gasteiger partial charge >= 0.3 is 0 Å². The Balaban J connectivity index is 1.88. The van der Waals surface area contributed by atoms with Gasteiger partial charge in [0.2, 0.25) is 0 Å². The molecule has 0 N–H and O–H groups in total. The van der Waals surface area contributed by atoms with Crippen molar-refractivity contribution in [3.05, 3.63) is 35.4 Å². The van der Waals surface area contributed by atoms with Crippen LogP contribution in [0.3, 0.4) is 0 Å². The van der Waals surface area contributed by atoms with Gasteiger partial charge in [0.25, 0.3) is 0 Å². The molecule has 1 aliphatic rings. The lowest BCUT2D eigenvalue weighted by molar-refractivity contribution is 0.0102. The molecule has 21 heavy (non-hydrogen) atoms. The summed E-state index contributed by atoms with van der Waals surface area (Å²) in [5.41, 5.74) is 3.10. The van der Waals surface area contributed by atoms with Crippen LogP contribution >= 0.6 is 15.9 Å². The summed E-state index contributed by atoms with van der Waals surface area (Å²) in [6.45, 7) is 7.84. The van der Waals surface area contributed by atoms with Crippen LogP contribution in [0.15, 0.2) is 24.3 Å². The molecule has 0 radical (unpaired) electrons. The van der Waals surface area contributed by atoms with E-state index in [4.69, 9.17) is 4.74 Å². The van der Waals surface area contributed by atoms with Crippen molar-refractivity contribution in [1.82, 2.24) is 0 Å². The summed E-state index contributed by atoms with van der Waals surface area (Å²) in [6, 6.07) is 9.16. The van der Waals surface area contributed by atoms with Crippen LogP contribution in [0.1, 0.15) is 75.3 Å². The zero-order valence-electron chi connectivity index (χ0n) is 13.7. The van der Waals surface area contributed by atoms with Crippen LogP contribution in [0.2, 0.25) is 0 Å². The van der Waals surface area contributed by atoms with Gasteiger partial charge in [-0.25, -0.2) is 0 Å². The van der Waals surface area contributed by atoms with Crippen molar-refractivity contribution in [1.29, 1.82) is 0 Å². The predicted octanol–water partition coefficient (Wildman–Crippen LogP) is 6.16. The fourth-order valence-electron chi connectivity index (χ4n) is 2.88. The van der Waals surface area contributed by atoms with Crippen molar-refractivity contribution in [3.63, 3.8) is 0 Å². The Morgan fingerprint density at radius 1 is 1.24 bits per heavy atom. The molecule has 0 amide bonds. The molecule has 2 rings (SSSR count). The van der Waals surface area contributed by atoms with Gasteiger partial charge in [-0.2, -0.15) is 0 Å². The zero-order valence-corrected chi connectivity index (χ0v) is 15.3. The van der Waals surface area contributed by atoms with E-state index in [2.05, 4.69) is 61.0 Å². The highest BCUT2D eigenvalue weighted by Crippen LogP contribution is 2.33. The Labute approximate surface area is 138 Å². The van der Waals surface area contributed by atoms with Crippen molar-refractivity contribution in [2.24, 2.45) is 0 Å². The highest BCUT2D eigenvalue weighted by molar-refractivity contribution is 9.09. The fraction of sp³-hybridized carbons (Fsp3) is 0.684. The summed E-state index contributed by atoms with van der Waals surface area (Å²) < 4.78 is 5.82. The summed E-state index contributed by atoms with van der Waals surface area (Å²) in [4.78, 5) is 0.446. The second-order valence-electron chi connectivity index (χ2n) is 6.89. The van der Waals surface area contributed by atoms with Gasteiger partial charge in [-0.15, -0.1) is 0 Å². The third-order valence-corrected chi connectivity index (χ3v) is 5.94. The van der Waals surface area contributed by atoms with Crippen LogP contribution in [0.5, 0.6) is 0 Å². The Hall–Kier alpha value is -0.340. The number of hydrogen-bond donors (Lipinski definition) is 0. The van der Waals surface area contributed by atoms with E-state index < -0.39 is 0 Å². The van der Waals surface area contributed by atoms with Crippen LogP contribution in [-0.2, 0) is 10.2 Å². The van der Waals surface area contributed by atoms with Gasteiger partial charge in [-0.3, -0.25) is 0 Å². The molecule has 0 bridgehead atoms. The summed E-state index contributed by atoms with van der Waals surface area (Å²) in [7, 11) is 0. The van der Waals surface area contributed by atoms with Gasteiger partial charge in [-0.05, 0) is 55.1 Å². The highest BCUT2D eigenvalue weighted by Gasteiger charge is 2.19. The predicted molar refractivity (Wildman–Crippen MR) is 94.3 cm³/mol. The van der Waals surface area contributed by atoms with E-state index in [0.29, 0.717) is 10.9 Å². The minimum Gasteiger partial charge on any atom is -0.378 e. The smallest absolute Gasteiger partial charge is 0.0575 e. The van der Waals surface area contributed by atoms with Crippen LogP contribution in [0.4, 0.5) is 0 Å². The van der Waals surface area contributed by atoms with Crippen LogP contribution in [0, 0.1) is 0 Å². The van der Waals surface area contributed by atoms with E-state index in [9.17, 15) is 0 Å². The zero-order chi connectivity index (χ0) is 15.3. The Bertz CT molecular complexity index is 418. The summed E-state index contributed by atoms with van der Waals surface area (Å²) in [5.74, 6) is 0. The number of halogens is 1. The molecular formula is C19H29BrO. The third kappa shape index (κ3) is 4.82. The van der Waals surface area contributed by atoms with Gasteiger partial charge in [0, 0.05) is 11.4 Å². The molecule has 1 fully saturated rings. The largest absolute Gasteiger partial charge is 0.378 e. The average molecular weight is 353 g/mol. The second kappa shape index (κ2) is 7.78. The minimum absolute atomic E-state index is 0.274. The van der Waals surface area contributed by atoms with Crippen molar-refractivity contribution in [2.45, 2.75) is 75.6 Å². The summed E-state index contributed by atoms with van der Waals surface area (Å²) in [5, 5.41) is 0. The van der Waals surface area contributed by atoms with E-state index in [1.807, 2.05) is 0 Å². The van der Waals surface area contributed by atoms with Crippen molar-refractivity contribution >= 4 is 15.9 Å². The lowest BCUT2D eigenvalue weighted by Crippen LogP contribution is -2.19. The monoisotopic (exact) mass is 352 g/mol. The SMILES string of the molecule is CCC(C)(C)c1ccc(C(Br)CCC2CCCCO2)cc1. The summed E-state index contributed by atoms with van der Waals surface area (Å²) in [6.07, 6.45) is 7.78. The van der Waals surface area contributed by atoms with E-state index >= 15 is 0 Å². The molecule has 0 saturated carbocycles. The van der Waals surface area contributed by atoms with Crippen LogP contribution in [0.25, 0.3) is 0 Å². The molecule has 1 aliphatic heterocycles. The molecule has 2 atom stereocenters. The topological polar surface area (TPSA) is 9.23 Å². The first-order valence-corrected chi connectivity index (χ1v) is 9.30. The third-order valence-electron chi connectivity index (χ3n) is 4.95. The first-order valence-electron chi connectivity index (χ1n) is 8.39. The molecule has 1 nitrogen and oxygen atoms in total. The molecular weight excluding hydrogens is 324 g/mol. The molecule has 1 heterocycles. The van der Waals surface area contributed by atoms with E-state index in [-0.39, 0.29) is 5.41 Å². The van der Waals surface area contributed by atoms with Crippen molar-refractivity contribution in [2.75, 3.05) is 6.61 Å². The Morgan fingerprint density at radius 2 is 1.95 bits per heavy atom. The minimum atomic E-state index is 0.274. The van der Waals surface area contributed by atoms with Crippen molar-refractivity contribution in [3.8, 4) is 0 Å². The van der Waals surface area contributed by atoms with Gasteiger partial charge < -0.3 is 4.74 Å². The lowest BCUT2D eigenvalue weighted by Gasteiger charge is -2.25. The number of benzene rings is 1. The van der Waals surface area contributed by atoms with E-state index in [1.54, 1.807) is 0 Å². The van der Waals surface area contributed by atoms with Gasteiger partial charge in [0.15, 0.2) is 0 Å². The fourth-order valence-corrected chi connectivity index (χ4v) is 3.45. The van der Waals surface area contributed by atoms with Crippen LogP contribution in [-0.4, -0.2) is 12.7 Å². The summed E-state index contributed by atoms with van der Waals surface area (Å²) >= 11 is 3.85. The Kier molecular flexibility index (Phi) is 6.31. The average Bonchev–Trinajstić information content (AvgIpc) is 2.53. The first kappa shape index (κ1) is 17.0. The number of ether oxygens (including phenoxy) is 1. The normalized spacial score (nSPS) is 21.2.